The highest BCUT2D eigenvalue weighted by Crippen LogP contribution is 2.20. The smallest absolute Gasteiger partial charge is 0.276 e. The molecule has 18 heavy (non-hydrogen) atoms. The van der Waals surface area contributed by atoms with Gasteiger partial charge in [0, 0.05) is 7.05 Å². The van der Waals surface area contributed by atoms with Gasteiger partial charge in [0.15, 0.2) is 5.69 Å². The van der Waals surface area contributed by atoms with Crippen LogP contribution in [0.25, 0.3) is 0 Å². The molecule has 92 valence electrons. The SMILES string of the molecule is CNc1ccc(C(=O)Nc2ccccc2Cl)nn1. The number of hydrogen-bond donors (Lipinski definition) is 2. The Balaban J connectivity index is 2.14. The number of benzene rings is 1. The molecule has 2 rings (SSSR count). The van der Waals surface area contributed by atoms with Gasteiger partial charge in [-0.25, -0.2) is 0 Å². The van der Waals surface area contributed by atoms with Crippen LogP contribution < -0.4 is 10.6 Å². The van der Waals surface area contributed by atoms with Gasteiger partial charge < -0.3 is 10.6 Å². The maximum Gasteiger partial charge on any atom is 0.276 e. The number of anilines is 2. The number of nitrogens with zero attached hydrogens (tertiary/aromatic N) is 2. The second kappa shape index (κ2) is 5.46. The van der Waals surface area contributed by atoms with Gasteiger partial charge in [0.2, 0.25) is 0 Å². The van der Waals surface area contributed by atoms with Crippen LogP contribution in [0.5, 0.6) is 0 Å². The third kappa shape index (κ3) is 2.75. The predicted octanol–water partition coefficient (Wildman–Crippen LogP) is 2.42. The molecule has 0 bridgehead atoms. The van der Waals surface area contributed by atoms with E-state index in [0.29, 0.717) is 16.5 Å². The summed E-state index contributed by atoms with van der Waals surface area (Å²) in [6.45, 7) is 0. The summed E-state index contributed by atoms with van der Waals surface area (Å²) < 4.78 is 0. The summed E-state index contributed by atoms with van der Waals surface area (Å²) in [5, 5.41) is 13.6. The normalized spacial score (nSPS) is 9.89. The largest absolute Gasteiger partial charge is 0.372 e. The summed E-state index contributed by atoms with van der Waals surface area (Å²) in [5.74, 6) is 0.252. The quantitative estimate of drug-likeness (QED) is 0.892. The molecule has 0 radical (unpaired) electrons. The van der Waals surface area contributed by atoms with Crippen molar-refractivity contribution in [3.63, 3.8) is 0 Å². The molecule has 1 aromatic heterocycles. The first-order valence-electron chi connectivity index (χ1n) is 5.28. The van der Waals surface area contributed by atoms with Gasteiger partial charge in [-0.15, -0.1) is 10.2 Å². The van der Waals surface area contributed by atoms with Gasteiger partial charge in [-0.2, -0.15) is 0 Å². The fourth-order valence-electron chi connectivity index (χ4n) is 1.34. The third-order valence-electron chi connectivity index (χ3n) is 2.28. The summed E-state index contributed by atoms with van der Waals surface area (Å²) in [4.78, 5) is 11.9. The molecule has 1 heterocycles. The molecular weight excluding hydrogens is 252 g/mol. The van der Waals surface area contributed by atoms with Crippen molar-refractivity contribution >= 4 is 29.0 Å². The van der Waals surface area contributed by atoms with Crippen molar-refractivity contribution in [3.8, 4) is 0 Å². The van der Waals surface area contributed by atoms with Gasteiger partial charge in [-0.1, -0.05) is 23.7 Å². The van der Waals surface area contributed by atoms with Gasteiger partial charge in [-0.05, 0) is 24.3 Å². The van der Waals surface area contributed by atoms with Gasteiger partial charge >= 0.3 is 0 Å². The van der Waals surface area contributed by atoms with Crippen LogP contribution >= 0.6 is 11.6 Å². The lowest BCUT2D eigenvalue weighted by atomic mass is 10.3. The molecule has 0 saturated heterocycles. The number of halogens is 1. The number of nitrogens with one attached hydrogen (secondary N) is 2. The minimum atomic E-state index is -0.349. The molecule has 0 unspecified atom stereocenters. The zero-order chi connectivity index (χ0) is 13.0. The first kappa shape index (κ1) is 12.3. The predicted molar refractivity (Wildman–Crippen MR) is 71.0 cm³/mol. The fourth-order valence-corrected chi connectivity index (χ4v) is 1.52. The maximum absolute atomic E-state index is 11.9. The van der Waals surface area contributed by atoms with Crippen LogP contribution in [0.1, 0.15) is 10.5 Å². The lowest BCUT2D eigenvalue weighted by Crippen LogP contribution is -2.14. The van der Waals surface area contributed by atoms with E-state index in [-0.39, 0.29) is 11.6 Å². The highest BCUT2D eigenvalue weighted by molar-refractivity contribution is 6.33. The Hall–Kier alpha value is -2.14. The van der Waals surface area contributed by atoms with Crippen molar-refractivity contribution < 1.29 is 4.79 Å². The van der Waals surface area contributed by atoms with Gasteiger partial charge in [0.25, 0.3) is 5.91 Å². The zero-order valence-electron chi connectivity index (χ0n) is 9.64. The summed E-state index contributed by atoms with van der Waals surface area (Å²) in [7, 11) is 1.73. The van der Waals surface area contributed by atoms with Crippen molar-refractivity contribution in [2.24, 2.45) is 0 Å². The van der Waals surface area contributed by atoms with E-state index in [2.05, 4.69) is 20.8 Å². The summed E-state index contributed by atoms with van der Waals surface area (Å²) in [5.41, 5.74) is 0.776. The number of aromatic nitrogens is 2. The fraction of sp³-hybridized carbons (Fsp3) is 0.0833. The lowest BCUT2D eigenvalue weighted by molar-refractivity contribution is 0.102. The van der Waals surface area contributed by atoms with E-state index in [1.807, 2.05) is 0 Å². The monoisotopic (exact) mass is 262 g/mol. The molecule has 6 heteroatoms. The Morgan fingerprint density at radius 3 is 2.56 bits per heavy atom. The van der Waals surface area contributed by atoms with E-state index in [1.54, 1.807) is 43.4 Å². The van der Waals surface area contributed by atoms with E-state index >= 15 is 0 Å². The molecule has 0 aliphatic heterocycles. The van der Waals surface area contributed by atoms with Gasteiger partial charge in [0.1, 0.15) is 5.82 Å². The topological polar surface area (TPSA) is 66.9 Å². The van der Waals surface area contributed by atoms with E-state index in [0.717, 1.165) is 0 Å². The summed E-state index contributed by atoms with van der Waals surface area (Å²) >= 11 is 5.94. The first-order valence-corrected chi connectivity index (χ1v) is 5.66. The Kier molecular flexibility index (Phi) is 3.74. The summed E-state index contributed by atoms with van der Waals surface area (Å²) in [6, 6.07) is 10.3. The molecule has 1 amide bonds. The van der Waals surface area contributed by atoms with Crippen molar-refractivity contribution in [1.29, 1.82) is 0 Å². The molecule has 2 aromatic rings. The molecule has 0 aliphatic rings. The standard InChI is InChI=1S/C12H11ClN4O/c1-14-11-7-6-10(16-17-11)12(18)15-9-5-3-2-4-8(9)13/h2-7H,1H3,(H,14,17)(H,15,18). The minimum Gasteiger partial charge on any atom is -0.372 e. The van der Waals surface area contributed by atoms with Crippen molar-refractivity contribution in [2.45, 2.75) is 0 Å². The zero-order valence-corrected chi connectivity index (χ0v) is 10.4. The van der Waals surface area contributed by atoms with Crippen LogP contribution in [-0.4, -0.2) is 23.2 Å². The van der Waals surface area contributed by atoms with Crippen LogP contribution in [0.15, 0.2) is 36.4 Å². The number of amides is 1. The van der Waals surface area contributed by atoms with E-state index in [9.17, 15) is 4.79 Å². The molecule has 0 saturated carbocycles. The Labute approximate surface area is 109 Å². The van der Waals surface area contributed by atoms with Gasteiger partial charge in [-0.3, -0.25) is 4.79 Å². The number of para-hydroxylation sites is 1. The highest BCUT2D eigenvalue weighted by atomic mass is 35.5. The molecule has 1 aromatic carbocycles. The average Bonchev–Trinajstić information content (AvgIpc) is 2.41. The second-order valence-electron chi connectivity index (χ2n) is 3.49. The van der Waals surface area contributed by atoms with Crippen LogP contribution in [0.2, 0.25) is 5.02 Å². The molecule has 2 N–H and O–H groups in total. The second-order valence-corrected chi connectivity index (χ2v) is 3.89. The average molecular weight is 263 g/mol. The van der Waals surface area contributed by atoms with E-state index in [1.165, 1.54) is 0 Å². The van der Waals surface area contributed by atoms with Crippen molar-refractivity contribution in [1.82, 2.24) is 10.2 Å². The minimum absolute atomic E-state index is 0.230. The van der Waals surface area contributed by atoms with Crippen LogP contribution in [0.4, 0.5) is 11.5 Å². The molecular formula is C12H11ClN4O. The molecule has 0 spiro atoms. The van der Waals surface area contributed by atoms with Gasteiger partial charge in [0.05, 0.1) is 10.7 Å². The number of rotatable bonds is 3. The molecule has 0 aliphatic carbocycles. The Morgan fingerprint density at radius 1 is 1.17 bits per heavy atom. The third-order valence-corrected chi connectivity index (χ3v) is 2.60. The van der Waals surface area contributed by atoms with Crippen molar-refractivity contribution in [3.05, 3.63) is 47.1 Å². The van der Waals surface area contributed by atoms with Crippen LogP contribution in [-0.2, 0) is 0 Å². The molecule has 0 atom stereocenters. The summed E-state index contributed by atoms with van der Waals surface area (Å²) in [6.07, 6.45) is 0. The Morgan fingerprint density at radius 2 is 1.94 bits per heavy atom. The maximum atomic E-state index is 11.9. The highest BCUT2D eigenvalue weighted by Gasteiger charge is 2.09. The van der Waals surface area contributed by atoms with Crippen LogP contribution in [0, 0.1) is 0 Å². The van der Waals surface area contributed by atoms with Crippen molar-refractivity contribution in [2.75, 3.05) is 17.7 Å². The van der Waals surface area contributed by atoms with E-state index < -0.39 is 0 Å². The van der Waals surface area contributed by atoms with Crippen LogP contribution in [0.3, 0.4) is 0 Å². The number of hydrogen-bond acceptors (Lipinski definition) is 4. The van der Waals surface area contributed by atoms with E-state index in [4.69, 9.17) is 11.6 Å². The molecule has 0 fully saturated rings. The number of carbonyl (C=O) groups is 1. The number of carbonyl (C=O) groups excluding carboxylic acids is 1. The Bertz CT molecular complexity index is 556. The first-order chi connectivity index (χ1) is 8.70. The lowest BCUT2D eigenvalue weighted by Gasteiger charge is -2.06. The molecule has 5 nitrogen and oxygen atoms in total.